The lowest BCUT2D eigenvalue weighted by Crippen LogP contribution is -2.52. The van der Waals surface area contributed by atoms with Crippen molar-refractivity contribution >= 4 is 39.1 Å². The number of benzene rings is 3. The number of halogens is 5. The number of nitrogens with zero attached hydrogens (tertiary/aromatic N) is 2. The number of carbonyl (C=O) groups excluding carboxylic acids is 2. The summed E-state index contributed by atoms with van der Waals surface area (Å²) < 4.78 is 83.0. The van der Waals surface area contributed by atoms with Crippen molar-refractivity contribution in [1.82, 2.24) is 10.2 Å². The van der Waals surface area contributed by atoms with Crippen LogP contribution >= 0.6 is 11.6 Å². The first-order valence-electron chi connectivity index (χ1n) is 13.0. The molecule has 0 saturated heterocycles. The van der Waals surface area contributed by atoms with E-state index in [9.17, 15) is 35.6 Å². The summed E-state index contributed by atoms with van der Waals surface area (Å²) in [5, 5.41) is 1.99. The number of likely N-dealkylation sites (N-methyl/N-ethyl adjacent to an activating group) is 1. The van der Waals surface area contributed by atoms with E-state index in [1.807, 2.05) is 0 Å². The molecule has 0 heterocycles. The third-order valence-corrected chi connectivity index (χ3v) is 8.55. The van der Waals surface area contributed by atoms with Gasteiger partial charge in [0, 0.05) is 13.1 Å². The van der Waals surface area contributed by atoms with Crippen LogP contribution in [0.4, 0.5) is 23.2 Å². The third-order valence-electron chi connectivity index (χ3n) is 6.43. The Hall–Kier alpha value is -3.64. The van der Waals surface area contributed by atoms with Gasteiger partial charge in [-0.15, -0.1) is 0 Å². The van der Waals surface area contributed by atoms with Crippen LogP contribution in [-0.2, 0) is 32.3 Å². The van der Waals surface area contributed by atoms with Gasteiger partial charge in [-0.3, -0.25) is 13.9 Å². The van der Waals surface area contributed by atoms with Crippen molar-refractivity contribution in [3.05, 3.63) is 94.3 Å². The minimum Gasteiger partial charge on any atom is -0.355 e. The molecule has 7 nitrogen and oxygen atoms in total. The molecule has 0 fully saturated rings. The molecule has 42 heavy (non-hydrogen) atoms. The zero-order chi connectivity index (χ0) is 31.2. The highest BCUT2D eigenvalue weighted by Gasteiger charge is 2.37. The van der Waals surface area contributed by atoms with Gasteiger partial charge in [-0.05, 0) is 68.3 Å². The molecule has 0 aliphatic rings. The molecule has 226 valence electrons. The summed E-state index contributed by atoms with van der Waals surface area (Å²) in [6.07, 6.45) is -4.76. The summed E-state index contributed by atoms with van der Waals surface area (Å²) in [5.41, 5.74) is -0.546. The van der Waals surface area contributed by atoms with Crippen LogP contribution in [0, 0.1) is 12.7 Å². The van der Waals surface area contributed by atoms with Crippen LogP contribution in [0.1, 0.15) is 37.0 Å². The number of hydrogen-bond donors (Lipinski definition) is 1. The lowest BCUT2D eigenvalue weighted by atomic mass is 10.1. The maximum absolute atomic E-state index is 13.9. The molecular weight excluding hydrogens is 598 g/mol. The quantitative estimate of drug-likeness (QED) is 0.267. The van der Waals surface area contributed by atoms with Gasteiger partial charge in [-0.25, -0.2) is 12.8 Å². The number of carbonyl (C=O) groups is 2. The van der Waals surface area contributed by atoms with Crippen LogP contribution in [0.2, 0.25) is 5.02 Å². The Morgan fingerprint density at radius 3 is 2.14 bits per heavy atom. The van der Waals surface area contributed by atoms with Crippen LogP contribution < -0.4 is 9.62 Å². The number of alkyl halides is 3. The Kier molecular flexibility index (Phi) is 10.6. The molecule has 0 aromatic heterocycles. The zero-order valence-corrected chi connectivity index (χ0v) is 24.7. The molecule has 2 amide bonds. The monoisotopic (exact) mass is 627 g/mol. The molecule has 3 aromatic carbocycles. The van der Waals surface area contributed by atoms with Crippen molar-refractivity contribution in [2.24, 2.45) is 0 Å². The summed E-state index contributed by atoms with van der Waals surface area (Å²) >= 11 is 5.78. The Balaban J connectivity index is 2.14. The topological polar surface area (TPSA) is 86.8 Å². The molecule has 3 rings (SSSR count). The third kappa shape index (κ3) is 7.80. The normalized spacial score (nSPS) is 12.5. The lowest BCUT2D eigenvalue weighted by Gasteiger charge is -2.33. The molecule has 13 heteroatoms. The number of aryl methyl sites for hydroxylation is 1. The van der Waals surface area contributed by atoms with Crippen LogP contribution in [0.15, 0.2) is 71.6 Å². The molecule has 1 N–H and O–H groups in total. The predicted molar refractivity (Wildman–Crippen MR) is 152 cm³/mol. The predicted octanol–water partition coefficient (Wildman–Crippen LogP) is 5.95. The zero-order valence-electron chi connectivity index (χ0n) is 23.1. The Bertz CT molecular complexity index is 1520. The van der Waals surface area contributed by atoms with Crippen LogP contribution in [-0.4, -0.2) is 44.3 Å². The molecule has 0 radical (unpaired) electrons. The van der Waals surface area contributed by atoms with Crippen molar-refractivity contribution in [1.29, 1.82) is 0 Å². The second-order valence-electron chi connectivity index (χ2n) is 9.45. The molecule has 1 atom stereocenters. The van der Waals surface area contributed by atoms with Gasteiger partial charge in [0.1, 0.15) is 18.4 Å². The van der Waals surface area contributed by atoms with E-state index in [0.717, 1.165) is 22.6 Å². The number of hydrogen-bond acceptors (Lipinski definition) is 4. The van der Waals surface area contributed by atoms with Crippen LogP contribution in [0.3, 0.4) is 0 Å². The summed E-state index contributed by atoms with van der Waals surface area (Å²) in [6, 6.07) is 12.2. The van der Waals surface area contributed by atoms with E-state index in [2.05, 4.69) is 5.32 Å². The first-order chi connectivity index (χ1) is 19.7. The van der Waals surface area contributed by atoms with E-state index in [-0.39, 0.29) is 24.4 Å². The van der Waals surface area contributed by atoms with Gasteiger partial charge in [0.25, 0.3) is 10.0 Å². The van der Waals surface area contributed by atoms with Crippen molar-refractivity contribution in [3.63, 3.8) is 0 Å². The number of amides is 2. The fourth-order valence-corrected chi connectivity index (χ4v) is 5.88. The van der Waals surface area contributed by atoms with E-state index < -0.39 is 62.7 Å². The SMILES string of the molecule is CCNC(=O)C(CC)N(Cc1ccc(F)cc1)C(=O)CN(c1ccc(Cl)c(C(F)(F)F)c1)S(=O)(=O)c1ccc(C)cc1. The van der Waals surface area contributed by atoms with Crippen molar-refractivity contribution in [2.75, 3.05) is 17.4 Å². The lowest BCUT2D eigenvalue weighted by molar-refractivity contribution is -0.140. The molecule has 1 unspecified atom stereocenters. The molecule has 0 bridgehead atoms. The minimum absolute atomic E-state index is 0.142. The molecular formula is C29H30ClF4N3O4S. The highest BCUT2D eigenvalue weighted by molar-refractivity contribution is 7.92. The average Bonchev–Trinajstić information content (AvgIpc) is 2.92. The fraction of sp³-hybridized carbons (Fsp3) is 0.310. The summed E-state index contributed by atoms with van der Waals surface area (Å²) in [5.74, 6) is -1.89. The van der Waals surface area contributed by atoms with Gasteiger partial charge >= 0.3 is 6.18 Å². The van der Waals surface area contributed by atoms with E-state index in [1.165, 1.54) is 48.5 Å². The molecule has 0 saturated carbocycles. The molecule has 0 spiro atoms. The van der Waals surface area contributed by atoms with Gasteiger partial charge in [0.15, 0.2) is 0 Å². The Labute approximate surface area is 247 Å². The average molecular weight is 628 g/mol. The van der Waals surface area contributed by atoms with Crippen molar-refractivity contribution < 1.29 is 35.6 Å². The van der Waals surface area contributed by atoms with E-state index in [0.29, 0.717) is 15.9 Å². The fourth-order valence-electron chi connectivity index (χ4n) is 4.25. The van der Waals surface area contributed by atoms with Gasteiger partial charge < -0.3 is 10.2 Å². The van der Waals surface area contributed by atoms with Gasteiger partial charge in [0.05, 0.1) is 21.2 Å². The van der Waals surface area contributed by atoms with Gasteiger partial charge in [0.2, 0.25) is 11.8 Å². The van der Waals surface area contributed by atoms with E-state index in [4.69, 9.17) is 11.6 Å². The largest absolute Gasteiger partial charge is 0.417 e. The van der Waals surface area contributed by atoms with E-state index >= 15 is 0 Å². The van der Waals surface area contributed by atoms with Gasteiger partial charge in [-0.1, -0.05) is 48.4 Å². The van der Waals surface area contributed by atoms with E-state index in [1.54, 1.807) is 20.8 Å². The smallest absolute Gasteiger partial charge is 0.355 e. The van der Waals surface area contributed by atoms with Crippen molar-refractivity contribution in [3.8, 4) is 0 Å². The van der Waals surface area contributed by atoms with Crippen LogP contribution in [0.25, 0.3) is 0 Å². The standard InChI is InChI=1S/C29H30ClF4N3O4S/c1-4-26(28(39)35-5-2)36(17-20-8-10-21(31)11-9-20)27(38)18-37(42(40,41)23-13-6-19(3)7-14-23)22-12-15-25(30)24(16-22)29(32,33)34/h6-16,26H,4-5,17-18H2,1-3H3,(H,35,39). The molecule has 0 aliphatic carbocycles. The maximum atomic E-state index is 13.9. The Morgan fingerprint density at radius 2 is 1.60 bits per heavy atom. The first-order valence-corrected chi connectivity index (χ1v) is 14.8. The molecule has 3 aromatic rings. The summed E-state index contributed by atoms with van der Waals surface area (Å²) in [4.78, 5) is 27.7. The molecule has 0 aliphatic heterocycles. The minimum atomic E-state index is -4.91. The van der Waals surface area contributed by atoms with Crippen LogP contribution in [0.5, 0.6) is 0 Å². The number of sulfonamides is 1. The second kappa shape index (κ2) is 13.6. The highest BCUT2D eigenvalue weighted by atomic mass is 35.5. The number of anilines is 1. The highest BCUT2D eigenvalue weighted by Crippen LogP contribution is 2.38. The number of rotatable bonds is 11. The van der Waals surface area contributed by atoms with Gasteiger partial charge in [-0.2, -0.15) is 13.2 Å². The first kappa shape index (κ1) is 32.9. The summed E-state index contributed by atoms with van der Waals surface area (Å²) in [6.45, 7) is 4.19. The maximum Gasteiger partial charge on any atom is 0.417 e. The van der Waals surface area contributed by atoms with Crippen molar-refractivity contribution in [2.45, 2.75) is 50.9 Å². The number of nitrogens with one attached hydrogen (secondary N) is 1. The second-order valence-corrected chi connectivity index (χ2v) is 11.7. The summed E-state index contributed by atoms with van der Waals surface area (Å²) in [7, 11) is -4.59. The Morgan fingerprint density at radius 1 is 0.976 bits per heavy atom.